The highest BCUT2D eigenvalue weighted by molar-refractivity contribution is 6.55. The highest BCUT2D eigenvalue weighted by Crippen LogP contribution is 2.23. The Morgan fingerprint density at radius 1 is 1.13 bits per heavy atom. The van der Waals surface area contributed by atoms with Crippen molar-refractivity contribution >= 4 is 8.80 Å². The summed E-state index contributed by atoms with van der Waals surface area (Å²) in [5.74, 6) is 1.10. The Hall–Kier alpha value is -1.08. The second-order valence-electron chi connectivity index (χ2n) is 3.08. The fraction of sp³-hybridized carbons (Fsp3) is 0.333. The van der Waals surface area contributed by atoms with E-state index in [4.69, 9.17) is 13.8 Å². The molecule has 6 heteroatoms. The lowest BCUT2D eigenvalue weighted by Crippen LogP contribution is -2.37. The average Bonchev–Trinajstić information content (AvgIpc) is 2.44. The highest BCUT2D eigenvalue weighted by Gasteiger charge is 2.27. The third-order valence-corrected chi connectivity index (χ3v) is 2.67. The fourth-order valence-corrected chi connectivity index (χ4v) is 1.92. The molecule has 5 nitrogen and oxygen atoms in total. The molecule has 0 saturated heterocycles. The molecule has 1 aromatic carbocycles. The van der Waals surface area contributed by atoms with Gasteiger partial charge in [-0.25, -0.2) is 0 Å². The van der Waals surface area contributed by atoms with Crippen LogP contribution in [0, 0.1) is 0 Å². The molecule has 0 amide bonds. The summed E-state index contributed by atoms with van der Waals surface area (Å²) in [7, 11) is -0.628. The molecule has 0 atom stereocenters. The van der Waals surface area contributed by atoms with Crippen LogP contribution in [-0.4, -0.2) is 41.7 Å². The van der Waals surface area contributed by atoms with Gasteiger partial charge in [0, 0.05) is 12.1 Å². The molecule has 0 fully saturated rings. The van der Waals surface area contributed by atoms with Gasteiger partial charge < -0.3 is 23.9 Å². The molecule has 0 saturated carbocycles. The minimum atomic E-state index is -3.64. The van der Waals surface area contributed by atoms with E-state index in [1.165, 1.54) is 14.2 Å². The molecule has 0 aliphatic rings. The van der Waals surface area contributed by atoms with Crippen LogP contribution in [0.1, 0.15) is 5.56 Å². The molecule has 0 aliphatic carbocycles. The van der Waals surface area contributed by atoms with Crippen LogP contribution < -0.4 is 9.47 Å². The maximum absolute atomic E-state index is 6.86. The largest absolute Gasteiger partial charge is 0.497 e. The lowest BCUT2D eigenvalue weighted by atomic mass is 10.2. The van der Waals surface area contributed by atoms with E-state index in [-0.39, 0.29) is 6.04 Å². The van der Waals surface area contributed by atoms with Gasteiger partial charge in [0.15, 0.2) is 4.29 Å². The normalized spacial score (nSPS) is 13.9. The molecule has 0 bridgehead atoms. The van der Waals surface area contributed by atoms with Gasteiger partial charge in [0.25, 0.3) is 0 Å². The third-order valence-electron chi connectivity index (χ3n) is 1.83. The van der Waals surface area contributed by atoms with Gasteiger partial charge in [-0.2, -0.15) is 0 Å². The second kappa shape index (κ2) is 4.62. The summed E-state index contributed by atoms with van der Waals surface area (Å²) in [5.41, 5.74) is 0.629. The zero-order valence-electron chi connectivity index (χ0n) is 11.5. The van der Waals surface area contributed by atoms with E-state index in [0.717, 1.165) is 0 Å². The first-order valence-electron chi connectivity index (χ1n) is 5.50. The minimum Gasteiger partial charge on any atom is -0.497 e. The van der Waals surface area contributed by atoms with Gasteiger partial charge in [0.1, 0.15) is 11.5 Å². The maximum Gasteiger partial charge on any atom is 0.497 e. The van der Waals surface area contributed by atoms with Crippen LogP contribution in [0.25, 0.3) is 0 Å². The Morgan fingerprint density at radius 2 is 1.67 bits per heavy atom. The molecule has 1 aromatic rings. The molecule has 0 spiro atoms. The van der Waals surface area contributed by atoms with Crippen molar-refractivity contribution < 1.29 is 23.9 Å². The molecule has 0 aromatic heterocycles. The van der Waals surface area contributed by atoms with Gasteiger partial charge >= 0.3 is 8.80 Å². The van der Waals surface area contributed by atoms with Crippen molar-refractivity contribution in [3.8, 4) is 11.5 Å². The first kappa shape index (κ1) is 8.11. The Labute approximate surface area is 93.4 Å². The van der Waals surface area contributed by atoms with E-state index in [2.05, 4.69) is 14.4 Å². The Bertz CT molecular complexity index is 358. The van der Waals surface area contributed by atoms with E-state index in [1.54, 1.807) is 18.2 Å². The topological polar surface area (TPSA) is 79.2 Å². The van der Waals surface area contributed by atoms with Crippen molar-refractivity contribution in [3.63, 3.8) is 0 Å². The summed E-state index contributed by atoms with van der Waals surface area (Å²) in [4.78, 5) is 12.8. The van der Waals surface area contributed by atoms with Crippen LogP contribution in [-0.2, 0) is 6.04 Å². The first-order chi connectivity index (χ1) is 8.62. The molecule has 0 aliphatic heterocycles. The summed E-state index contributed by atoms with van der Waals surface area (Å²) in [6.45, 7) is 0. The van der Waals surface area contributed by atoms with E-state index in [0.29, 0.717) is 17.1 Å². The Kier molecular flexibility index (Phi) is 2.50. The van der Waals surface area contributed by atoms with Crippen LogP contribution in [0.3, 0.4) is 0 Å². The number of rotatable bonds is 7. The minimum absolute atomic E-state index is 0.00292. The van der Waals surface area contributed by atoms with Gasteiger partial charge in [-0.3, -0.25) is 0 Å². The predicted octanol–water partition coefficient (Wildman–Crippen LogP) is -0.299. The van der Waals surface area contributed by atoms with E-state index in [1.807, 2.05) is 0 Å². The smallest absolute Gasteiger partial charge is 0.497 e. The standard InChI is InChI=1S/C9H14O5Si/c1-13-8-3-7(6-15(10,11)12)4-9(5-8)14-2/h3-5,10-12H,6H2,1-2H3/i10T,11T,12T. The van der Waals surface area contributed by atoms with Crippen molar-refractivity contribution in [1.82, 2.24) is 0 Å². The Balaban J connectivity index is 3.01. The number of ether oxygens (including phenoxy) is 2. The molecule has 15 heavy (non-hydrogen) atoms. The molecule has 0 heterocycles. The van der Waals surface area contributed by atoms with Crippen molar-refractivity contribution in [2.45, 2.75) is 6.04 Å². The van der Waals surface area contributed by atoms with Gasteiger partial charge in [0.2, 0.25) is 0 Å². The average molecular weight is 236 g/mol. The summed E-state index contributed by atoms with van der Waals surface area (Å²) in [6.07, 6.45) is 0. The zero-order valence-corrected chi connectivity index (χ0v) is 9.48. The summed E-state index contributed by atoms with van der Waals surface area (Å²) < 4.78 is 30.8. The monoisotopic (exact) mass is 236 g/mol. The van der Waals surface area contributed by atoms with Crippen molar-refractivity contribution in [2.24, 2.45) is 0 Å². The van der Waals surface area contributed by atoms with E-state index < -0.39 is 8.80 Å². The molecular weight excluding hydrogens is 216 g/mol. The number of methoxy groups -OCH3 is 2. The first-order valence-corrected chi connectivity index (χ1v) is 6.21. The number of benzene rings is 1. The van der Waals surface area contributed by atoms with Crippen molar-refractivity contribution in [1.29, 1.82) is 4.29 Å². The molecule has 0 radical (unpaired) electrons. The van der Waals surface area contributed by atoms with Gasteiger partial charge in [0.05, 0.1) is 14.2 Å². The van der Waals surface area contributed by atoms with Crippen LogP contribution in [0.2, 0.25) is 0 Å². The van der Waals surface area contributed by atoms with Crippen molar-refractivity contribution in [3.05, 3.63) is 23.8 Å². The maximum atomic E-state index is 6.86. The van der Waals surface area contributed by atoms with Gasteiger partial charge in [-0.1, -0.05) is 0 Å². The van der Waals surface area contributed by atoms with E-state index in [9.17, 15) is 0 Å². The zero-order chi connectivity index (χ0) is 13.6. The summed E-state index contributed by atoms with van der Waals surface area (Å²) >= 11 is 0. The summed E-state index contributed by atoms with van der Waals surface area (Å²) in [6, 6.07) is 5.01. The lowest BCUT2D eigenvalue weighted by Gasteiger charge is -2.11. The molecule has 84 valence electrons. The number of hydrogen-bond donors (Lipinski definition) is 3. The quantitative estimate of drug-likeness (QED) is 0.567. The molecule has 3 N–H and O–H groups in total. The summed E-state index contributed by atoms with van der Waals surface area (Å²) in [5, 5.41) is 0. The third kappa shape index (κ3) is 3.88. The van der Waals surface area contributed by atoms with Crippen molar-refractivity contribution in [2.75, 3.05) is 14.2 Å². The van der Waals surface area contributed by atoms with Crippen LogP contribution in [0.5, 0.6) is 11.5 Å². The lowest BCUT2D eigenvalue weighted by molar-refractivity contribution is 0.227. The molecule has 1 rings (SSSR count). The SMILES string of the molecule is [3H]O[Si](Cc1cc(OC)cc(OC)c1)(O[3H])O[3H]. The van der Waals surface area contributed by atoms with E-state index >= 15 is 0 Å². The Morgan fingerprint density at radius 3 is 2.07 bits per heavy atom. The highest BCUT2D eigenvalue weighted by atomic mass is 28.4. The van der Waals surface area contributed by atoms with Crippen LogP contribution in [0.4, 0.5) is 0 Å². The second-order valence-corrected chi connectivity index (χ2v) is 4.80. The fourth-order valence-electron chi connectivity index (χ4n) is 1.22. The van der Waals surface area contributed by atoms with Gasteiger partial charge in [-0.05, 0) is 17.7 Å². The predicted molar refractivity (Wildman–Crippen MR) is 55.7 cm³/mol. The van der Waals surface area contributed by atoms with Crippen LogP contribution >= 0.6 is 0 Å². The molecular formula is C9H14O5Si. The number of hydrogen-bond acceptors (Lipinski definition) is 5. The van der Waals surface area contributed by atoms with Crippen LogP contribution in [0.15, 0.2) is 18.2 Å². The van der Waals surface area contributed by atoms with Gasteiger partial charge in [-0.15, -0.1) is 0 Å². The molecule has 0 unspecified atom stereocenters.